The normalized spacial score (nSPS) is 22.5. The number of nitrogens with one attached hydrogen (secondary N) is 1. The number of nitrogens with zero attached hydrogens (tertiary/aromatic N) is 6. The summed E-state index contributed by atoms with van der Waals surface area (Å²) < 4.78 is 7.59. The van der Waals surface area contributed by atoms with Crippen molar-refractivity contribution < 1.29 is 9.53 Å². The summed E-state index contributed by atoms with van der Waals surface area (Å²) >= 11 is 0. The van der Waals surface area contributed by atoms with E-state index in [4.69, 9.17) is 4.74 Å². The van der Waals surface area contributed by atoms with Gasteiger partial charge in [0, 0.05) is 63.0 Å². The van der Waals surface area contributed by atoms with E-state index in [9.17, 15) is 4.79 Å². The molecule has 2 atom stereocenters. The second kappa shape index (κ2) is 7.75. The highest BCUT2D eigenvalue weighted by atomic mass is 16.5. The summed E-state index contributed by atoms with van der Waals surface area (Å²) in [6.45, 7) is 7.34. The predicted octanol–water partition coefficient (Wildman–Crippen LogP) is 1.19. The van der Waals surface area contributed by atoms with Crippen molar-refractivity contribution in [2.45, 2.75) is 32.4 Å². The Morgan fingerprint density at radius 2 is 1.89 bits per heavy atom. The van der Waals surface area contributed by atoms with Gasteiger partial charge in [-0.05, 0) is 26.3 Å². The smallest absolute Gasteiger partial charge is 0.317 e. The van der Waals surface area contributed by atoms with E-state index in [2.05, 4.69) is 25.3 Å². The molecule has 0 saturated carbocycles. The molecule has 9 heteroatoms. The standard InChI is InChI=1S/C19H27N7O2/c1-13-10-14(2)22-18(21-13)25-5-7-26(8-6-25)19(27)23-16-4-9-28-17(16)15-11-20-24(3)12-15/h10-12,16-17H,4-9H2,1-3H3,(H,23,27)/t16-,17+/m1/s1. The molecule has 28 heavy (non-hydrogen) atoms. The molecule has 9 nitrogen and oxygen atoms in total. The maximum Gasteiger partial charge on any atom is 0.317 e. The van der Waals surface area contributed by atoms with Crippen LogP contribution < -0.4 is 10.2 Å². The van der Waals surface area contributed by atoms with Crippen LogP contribution in [-0.2, 0) is 11.8 Å². The molecule has 2 aliphatic heterocycles. The first-order valence-electron chi connectivity index (χ1n) is 9.72. The minimum Gasteiger partial charge on any atom is -0.371 e. The lowest BCUT2D eigenvalue weighted by Crippen LogP contribution is -2.54. The van der Waals surface area contributed by atoms with Crippen molar-refractivity contribution >= 4 is 12.0 Å². The minimum atomic E-state index is -0.136. The van der Waals surface area contributed by atoms with Gasteiger partial charge in [0.05, 0.1) is 12.2 Å². The Hall–Kier alpha value is -2.68. The fourth-order valence-electron chi connectivity index (χ4n) is 3.86. The fraction of sp³-hybridized carbons (Fsp3) is 0.579. The number of rotatable bonds is 3. The van der Waals surface area contributed by atoms with Crippen LogP contribution in [0.4, 0.5) is 10.7 Å². The van der Waals surface area contributed by atoms with Gasteiger partial charge in [0.1, 0.15) is 6.10 Å². The molecule has 2 amide bonds. The van der Waals surface area contributed by atoms with E-state index in [1.54, 1.807) is 10.9 Å². The lowest BCUT2D eigenvalue weighted by molar-refractivity contribution is 0.0978. The number of hydrogen-bond donors (Lipinski definition) is 1. The van der Waals surface area contributed by atoms with Gasteiger partial charge in [0.15, 0.2) is 0 Å². The summed E-state index contributed by atoms with van der Waals surface area (Å²) in [7, 11) is 1.88. The van der Waals surface area contributed by atoms with E-state index in [0.29, 0.717) is 19.7 Å². The summed E-state index contributed by atoms with van der Waals surface area (Å²) in [6.07, 6.45) is 4.42. The molecule has 0 unspecified atom stereocenters. The fourth-order valence-corrected chi connectivity index (χ4v) is 3.86. The Labute approximate surface area is 164 Å². The first kappa shape index (κ1) is 18.7. The highest BCUT2D eigenvalue weighted by Crippen LogP contribution is 2.29. The molecule has 0 spiro atoms. The molecule has 0 aliphatic carbocycles. The van der Waals surface area contributed by atoms with Gasteiger partial charge in [-0.25, -0.2) is 14.8 Å². The predicted molar refractivity (Wildman–Crippen MR) is 104 cm³/mol. The van der Waals surface area contributed by atoms with Crippen LogP contribution in [-0.4, -0.2) is 69.5 Å². The zero-order valence-electron chi connectivity index (χ0n) is 16.6. The van der Waals surface area contributed by atoms with Crippen LogP contribution in [0.5, 0.6) is 0 Å². The van der Waals surface area contributed by atoms with Crippen LogP contribution in [0, 0.1) is 13.8 Å². The van der Waals surface area contributed by atoms with Crippen molar-refractivity contribution in [3.05, 3.63) is 35.4 Å². The third kappa shape index (κ3) is 3.94. The number of carbonyl (C=O) groups excluding carboxylic acids is 1. The molecule has 2 saturated heterocycles. The van der Waals surface area contributed by atoms with Gasteiger partial charge in [0.25, 0.3) is 0 Å². The molecule has 4 rings (SSSR count). The Kier molecular flexibility index (Phi) is 5.17. The van der Waals surface area contributed by atoms with E-state index < -0.39 is 0 Å². The molecule has 0 bridgehead atoms. The molecule has 150 valence electrons. The highest BCUT2D eigenvalue weighted by molar-refractivity contribution is 5.75. The zero-order chi connectivity index (χ0) is 19.7. The van der Waals surface area contributed by atoms with E-state index in [-0.39, 0.29) is 18.2 Å². The lowest BCUT2D eigenvalue weighted by Gasteiger charge is -2.35. The maximum atomic E-state index is 12.8. The van der Waals surface area contributed by atoms with Gasteiger partial charge < -0.3 is 19.9 Å². The van der Waals surface area contributed by atoms with Crippen molar-refractivity contribution in [2.75, 3.05) is 37.7 Å². The average Bonchev–Trinajstić information content (AvgIpc) is 3.29. The molecule has 2 aromatic rings. The number of aromatic nitrogens is 4. The Balaban J connectivity index is 1.34. The van der Waals surface area contributed by atoms with Crippen LogP contribution >= 0.6 is 0 Å². The third-order valence-electron chi connectivity index (χ3n) is 5.27. The molecule has 2 aromatic heterocycles. The van der Waals surface area contributed by atoms with Gasteiger partial charge in [-0.2, -0.15) is 5.10 Å². The molecular weight excluding hydrogens is 358 g/mol. The van der Waals surface area contributed by atoms with Gasteiger partial charge in [0.2, 0.25) is 5.95 Å². The van der Waals surface area contributed by atoms with Gasteiger partial charge in [-0.1, -0.05) is 0 Å². The maximum absolute atomic E-state index is 12.8. The summed E-state index contributed by atoms with van der Waals surface area (Å²) in [6, 6.07) is 1.90. The van der Waals surface area contributed by atoms with Crippen LogP contribution in [0.1, 0.15) is 29.5 Å². The SMILES string of the molecule is Cc1cc(C)nc(N2CCN(C(=O)N[C@@H]3CCO[C@H]3c3cnn(C)c3)CC2)n1. The van der Waals surface area contributed by atoms with Gasteiger partial charge >= 0.3 is 6.03 Å². The quantitative estimate of drug-likeness (QED) is 0.854. The van der Waals surface area contributed by atoms with Crippen LogP contribution in [0.3, 0.4) is 0 Å². The Bertz CT molecular complexity index is 824. The first-order chi connectivity index (χ1) is 13.5. The lowest BCUT2D eigenvalue weighted by atomic mass is 10.1. The van der Waals surface area contributed by atoms with Crippen molar-refractivity contribution in [1.29, 1.82) is 0 Å². The number of piperazine rings is 1. The van der Waals surface area contributed by atoms with Crippen LogP contribution in [0.15, 0.2) is 18.5 Å². The Morgan fingerprint density at radius 1 is 1.18 bits per heavy atom. The summed E-state index contributed by atoms with van der Waals surface area (Å²) in [5.41, 5.74) is 2.93. The molecule has 2 fully saturated rings. The van der Waals surface area contributed by atoms with E-state index in [0.717, 1.165) is 42.4 Å². The van der Waals surface area contributed by atoms with Crippen molar-refractivity contribution in [1.82, 2.24) is 30.0 Å². The summed E-state index contributed by atoms with van der Waals surface area (Å²) in [5, 5.41) is 7.36. The van der Waals surface area contributed by atoms with Gasteiger partial charge in [-0.3, -0.25) is 4.68 Å². The minimum absolute atomic E-state index is 0.0301. The number of amides is 2. The number of aryl methyl sites for hydroxylation is 3. The Morgan fingerprint density at radius 3 is 2.54 bits per heavy atom. The van der Waals surface area contributed by atoms with E-state index in [1.165, 1.54) is 0 Å². The number of urea groups is 1. The molecule has 2 aliphatic rings. The largest absolute Gasteiger partial charge is 0.371 e. The van der Waals surface area contributed by atoms with Crippen molar-refractivity contribution in [3.8, 4) is 0 Å². The second-order valence-electron chi connectivity index (χ2n) is 7.51. The highest BCUT2D eigenvalue weighted by Gasteiger charge is 2.33. The second-order valence-corrected chi connectivity index (χ2v) is 7.51. The van der Waals surface area contributed by atoms with Crippen molar-refractivity contribution in [2.24, 2.45) is 7.05 Å². The molecule has 0 radical (unpaired) electrons. The average molecular weight is 385 g/mol. The van der Waals surface area contributed by atoms with E-state index >= 15 is 0 Å². The topological polar surface area (TPSA) is 88.4 Å². The number of ether oxygens (including phenoxy) is 1. The molecule has 0 aromatic carbocycles. The van der Waals surface area contributed by atoms with Crippen LogP contribution in [0.25, 0.3) is 0 Å². The summed E-state index contributed by atoms with van der Waals surface area (Å²) in [5.74, 6) is 0.749. The molecule has 4 heterocycles. The van der Waals surface area contributed by atoms with E-state index in [1.807, 2.05) is 38.1 Å². The summed E-state index contributed by atoms with van der Waals surface area (Å²) in [4.78, 5) is 25.8. The van der Waals surface area contributed by atoms with Crippen molar-refractivity contribution in [3.63, 3.8) is 0 Å². The number of hydrogen-bond acceptors (Lipinski definition) is 6. The number of anilines is 1. The molecule has 1 N–H and O–H groups in total. The van der Waals surface area contributed by atoms with Gasteiger partial charge in [-0.15, -0.1) is 0 Å². The zero-order valence-corrected chi connectivity index (χ0v) is 16.6. The number of carbonyl (C=O) groups is 1. The molecular formula is C19H27N7O2. The monoisotopic (exact) mass is 385 g/mol. The third-order valence-corrected chi connectivity index (χ3v) is 5.27. The van der Waals surface area contributed by atoms with Crippen LogP contribution in [0.2, 0.25) is 0 Å². The first-order valence-corrected chi connectivity index (χ1v) is 9.72.